The van der Waals surface area contributed by atoms with E-state index in [9.17, 15) is 19.1 Å². The van der Waals surface area contributed by atoms with Crippen LogP contribution in [0.4, 0.5) is 4.39 Å². The van der Waals surface area contributed by atoms with Crippen molar-refractivity contribution in [3.05, 3.63) is 82.4 Å². The fourth-order valence-electron chi connectivity index (χ4n) is 2.83. The molecule has 0 fully saturated rings. The van der Waals surface area contributed by atoms with Gasteiger partial charge in [-0.15, -0.1) is 0 Å². The monoisotopic (exact) mass is 394 g/mol. The number of hydrogen-bond acceptors (Lipinski definition) is 4. The topological polar surface area (TPSA) is 88.3 Å². The smallest absolute Gasteiger partial charge is 0.344 e. The van der Waals surface area contributed by atoms with Crippen LogP contribution in [0.2, 0.25) is 0 Å². The van der Waals surface area contributed by atoms with E-state index < -0.39 is 17.7 Å². The molecule has 1 N–H and O–H groups in total. The minimum atomic E-state index is -0.723. The summed E-state index contributed by atoms with van der Waals surface area (Å²) in [6.07, 6.45) is -0.387. The summed E-state index contributed by atoms with van der Waals surface area (Å²) in [6.45, 7) is 4.75. The summed E-state index contributed by atoms with van der Waals surface area (Å²) in [5, 5.41) is 10.1. The largest absolute Gasteiger partial charge is 0.512 e. The maximum absolute atomic E-state index is 13.1. The van der Waals surface area contributed by atoms with Gasteiger partial charge in [0.2, 0.25) is 0 Å². The highest BCUT2D eigenvalue weighted by molar-refractivity contribution is 6.36. The molecule has 0 saturated carbocycles. The van der Waals surface area contributed by atoms with Crippen molar-refractivity contribution < 1.29 is 23.8 Å². The molecule has 7 heteroatoms. The van der Waals surface area contributed by atoms with Crippen LogP contribution < -0.4 is 0 Å². The van der Waals surface area contributed by atoms with E-state index in [0.717, 1.165) is 0 Å². The van der Waals surface area contributed by atoms with Crippen molar-refractivity contribution in [2.45, 2.75) is 26.9 Å². The molecule has 1 aliphatic rings. The number of hydrogen-bond donors (Lipinski definition) is 1. The van der Waals surface area contributed by atoms with E-state index in [1.54, 1.807) is 38.1 Å². The third-order valence-electron chi connectivity index (χ3n) is 4.08. The molecule has 1 amide bonds. The van der Waals surface area contributed by atoms with E-state index >= 15 is 0 Å². The van der Waals surface area contributed by atoms with E-state index in [1.807, 2.05) is 0 Å². The van der Waals surface area contributed by atoms with Crippen molar-refractivity contribution in [1.29, 1.82) is 0 Å². The fraction of sp³-hybridized carbons (Fsp3) is 0.182. The van der Waals surface area contributed by atoms with Gasteiger partial charge in [-0.1, -0.05) is 24.3 Å². The van der Waals surface area contributed by atoms with Crippen LogP contribution in [0.15, 0.2) is 69.8 Å². The van der Waals surface area contributed by atoms with Gasteiger partial charge in [-0.2, -0.15) is 4.99 Å². The second-order valence-electron chi connectivity index (χ2n) is 6.67. The van der Waals surface area contributed by atoms with E-state index in [1.165, 1.54) is 31.2 Å². The number of esters is 1. The Morgan fingerprint density at radius 1 is 1.07 bits per heavy atom. The van der Waals surface area contributed by atoms with Gasteiger partial charge >= 0.3 is 5.97 Å². The van der Waals surface area contributed by atoms with Crippen molar-refractivity contribution in [2.75, 3.05) is 0 Å². The lowest BCUT2D eigenvalue weighted by molar-refractivity contribution is -0.142. The summed E-state index contributed by atoms with van der Waals surface area (Å²) in [5.74, 6) is -1.94. The van der Waals surface area contributed by atoms with Crippen LogP contribution in [0.1, 0.15) is 42.3 Å². The van der Waals surface area contributed by atoms with Crippen LogP contribution in [0, 0.1) is 5.82 Å². The average Bonchev–Trinajstić information content (AvgIpc) is 3.00. The summed E-state index contributed by atoms with van der Waals surface area (Å²) in [5.41, 5.74) is 1.37. The fourth-order valence-corrected chi connectivity index (χ4v) is 2.83. The molecule has 148 valence electrons. The number of amidine groups is 1. The Kier molecular flexibility index (Phi) is 5.68. The lowest BCUT2D eigenvalue weighted by Crippen LogP contribution is -2.21. The van der Waals surface area contributed by atoms with E-state index in [2.05, 4.69) is 9.98 Å². The molecule has 2 aromatic rings. The first-order valence-electron chi connectivity index (χ1n) is 8.96. The zero-order valence-electron chi connectivity index (χ0n) is 16.1. The first-order valence-corrected chi connectivity index (χ1v) is 8.96. The van der Waals surface area contributed by atoms with Gasteiger partial charge in [0.15, 0.2) is 5.84 Å². The molecule has 0 saturated heterocycles. The maximum Gasteiger partial charge on any atom is 0.344 e. The van der Waals surface area contributed by atoms with Crippen molar-refractivity contribution in [3.8, 4) is 0 Å². The van der Waals surface area contributed by atoms with Crippen LogP contribution in [0.5, 0.6) is 0 Å². The number of aliphatic hydroxyl groups is 1. The van der Waals surface area contributed by atoms with Gasteiger partial charge in [0.1, 0.15) is 17.1 Å². The van der Waals surface area contributed by atoms with Crippen LogP contribution in [-0.2, 0) is 9.53 Å². The highest BCUT2D eigenvalue weighted by Gasteiger charge is 2.31. The summed E-state index contributed by atoms with van der Waals surface area (Å²) in [6, 6.07) is 11.9. The first-order chi connectivity index (χ1) is 13.8. The molecule has 0 aromatic heterocycles. The summed E-state index contributed by atoms with van der Waals surface area (Å²) in [7, 11) is 0. The minimum Gasteiger partial charge on any atom is -0.512 e. The van der Waals surface area contributed by atoms with Gasteiger partial charge in [-0.05, 0) is 45.0 Å². The van der Waals surface area contributed by atoms with Gasteiger partial charge in [-0.3, -0.25) is 4.79 Å². The number of benzene rings is 2. The summed E-state index contributed by atoms with van der Waals surface area (Å²) < 4.78 is 18.3. The van der Waals surface area contributed by atoms with Gasteiger partial charge < -0.3 is 9.84 Å². The normalized spacial score (nSPS) is 15.1. The van der Waals surface area contributed by atoms with Gasteiger partial charge in [0.25, 0.3) is 5.91 Å². The Hall–Kier alpha value is -3.61. The van der Waals surface area contributed by atoms with Crippen molar-refractivity contribution in [3.63, 3.8) is 0 Å². The number of carbonyl (C=O) groups is 2. The Bertz CT molecular complexity index is 1060. The number of allylic oxidation sites excluding steroid dienone is 1. The van der Waals surface area contributed by atoms with Crippen LogP contribution in [0.3, 0.4) is 0 Å². The van der Waals surface area contributed by atoms with Crippen molar-refractivity contribution in [2.24, 2.45) is 9.98 Å². The minimum absolute atomic E-state index is 0.0921. The van der Waals surface area contributed by atoms with Crippen LogP contribution in [-0.4, -0.2) is 34.6 Å². The zero-order chi connectivity index (χ0) is 21.1. The van der Waals surface area contributed by atoms with Crippen LogP contribution in [0.25, 0.3) is 0 Å². The molecule has 29 heavy (non-hydrogen) atoms. The number of amides is 1. The molecule has 0 radical (unpaired) electrons. The molecule has 0 unspecified atom stereocenters. The molecule has 2 aromatic carbocycles. The van der Waals surface area contributed by atoms with Gasteiger partial charge in [0, 0.05) is 16.7 Å². The van der Waals surface area contributed by atoms with Crippen LogP contribution >= 0.6 is 0 Å². The second kappa shape index (κ2) is 8.18. The molecule has 0 bridgehead atoms. The SMILES string of the molecule is C/C(O)=C(\C(=O)OC(C)C)C1=NC(=NC(=O)c2ccc(F)cc2)c2ccccc21. The second-order valence-corrected chi connectivity index (χ2v) is 6.67. The molecule has 0 aliphatic carbocycles. The highest BCUT2D eigenvalue weighted by Crippen LogP contribution is 2.26. The molecular formula is C22H19FN2O4. The number of aliphatic imine (C=N–C) groups is 2. The Morgan fingerprint density at radius 2 is 1.69 bits per heavy atom. The average molecular weight is 394 g/mol. The molecule has 1 aliphatic heterocycles. The van der Waals surface area contributed by atoms with Crippen molar-refractivity contribution in [1.82, 2.24) is 0 Å². The van der Waals surface area contributed by atoms with Crippen molar-refractivity contribution >= 4 is 23.4 Å². The predicted molar refractivity (Wildman–Crippen MR) is 107 cm³/mol. The third-order valence-corrected chi connectivity index (χ3v) is 4.08. The Balaban J connectivity index is 2.07. The number of nitrogens with zero attached hydrogens (tertiary/aromatic N) is 2. The number of rotatable bonds is 4. The van der Waals surface area contributed by atoms with E-state index in [4.69, 9.17) is 4.74 Å². The van der Waals surface area contributed by atoms with E-state index in [0.29, 0.717) is 11.1 Å². The quantitative estimate of drug-likeness (QED) is 0.482. The molecule has 6 nitrogen and oxygen atoms in total. The lowest BCUT2D eigenvalue weighted by Gasteiger charge is -2.12. The maximum atomic E-state index is 13.1. The number of fused-ring (bicyclic) bond motifs is 1. The van der Waals surface area contributed by atoms with E-state index in [-0.39, 0.29) is 34.5 Å². The number of carbonyl (C=O) groups excluding carboxylic acids is 2. The Labute approximate surface area is 167 Å². The molecule has 3 rings (SSSR count). The summed E-state index contributed by atoms with van der Waals surface area (Å²) >= 11 is 0. The molecule has 0 spiro atoms. The number of halogens is 1. The predicted octanol–water partition coefficient (Wildman–Crippen LogP) is 4.00. The highest BCUT2D eigenvalue weighted by atomic mass is 19.1. The molecule has 0 atom stereocenters. The summed E-state index contributed by atoms with van der Waals surface area (Å²) in [4.78, 5) is 33.4. The standard InChI is InChI=1S/C22H19FN2O4/c1-12(2)29-22(28)18(13(3)26)19-16-6-4-5-7-17(16)20(24-19)25-21(27)14-8-10-15(23)11-9-14/h4-12,26H,1-3H3/b18-13+,25-20?. The number of aliphatic hydroxyl groups excluding tert-OH is 1. The first kappa shape index (κ1) is 20.1. The lowest BCUT2D eigenvalue weighted by atomic mass is 9.99. The van der Waals surface area contributed by atoms with Gasteiger partial charge in [-0.25, -0.2) is 14.2 Å². The molecular weight excluding hydrogens is 375 g/mol. The van der Waals surface area contributed by atoms with Gasteiger partial charge in [0.05, 0.1) is 11.8 Å². The third kappa shape index (κ3) is 4.29. The zero-order valence-corrected chi connectivity index (χ0v) is 16.1. The number of ether oxygens (including phenoxy) is 1. The Morgan fingerprint density at radius 3 is 2.28 bits per heavy atom. The molecule has 1 heterocycles.